The number of nitrogens with one attached hydrogen (secondary N) is 1. The molecule has 0 heterocycles. The van der Waals surface area contributed by atoms with E-state index in [2.05, 4.69) is 46.9 Å². The Morgan fingerprint density at radius 1 is 1.32 bits per heavy atom. The van der Waals surface area contributed by atoms with Gasteiger partial charge < -0.3 is 15.2 Å². The standard InChI is InChI=1S/C16H33NO2/c1-12-7-14(9-16(5,6)8-12)19-11-13(18)10-17-15(2,3)4/h12-14,17-18H,7-11H2,1-6H3/t12-,13-,14-/m1/s1. The summed E-state index contributed by atoms with van der Waals surface area (Å²) in [5.74, 6) is 0.721. The zero-order valence-corrected chi connectivity index (χ0v) is 13.6. The van der Waals surface area contributed by atoms with Crippen LogP contribution in [0.1, 0.15) is 60.8 Å². The monoisotopic (exact) mass is 271 g/mol. The van der Waals surface area contributed by atoms with Crippen LogP contribution in [0.4, 0.5) is 0 Å². The van der Waals surface area contributed by atoms with E-state index in [1.807, 2.05) is 0 Å². The van der Waals surface area contributed by atoms with Crippen LogP contribution in [0.2, 0.25) is 0 Å². The molecule has 0 aromatic heterocycles. The Morgan fingerprint density at radius 3 is 2.47 bits per heavy atom. The van der Waals surface area contributed by atoms with E-state index in [-0.39, 0.29) is 5.54 Å². The second-order valence-electron chi connectivity index (χ2n) is 8.15. The number of hydrogen-bond acceptors (Lipinski definition) is 3. The minimum atomic E-state index is -0.417. The van der Waals surface area contributed by atoms with Gasteiger partial charge in [-0.05, 0) is 51.4 Å². The van der Waals surface area contributed by atoms with Crippen molar-refractivity contribution in [3.8, 4) is 0 Å². The molecule has 1 saturated carbocycles. The maximum Gasteiger partial charge on any atom is 0.0898 e. The van der Waals surface area contributed by atoms with Gasteiger partial charge in [0.25, 0.3) is 0 Å². The molecule has 114 valence electrons. The molecule has 1 rings (SSSR count). The number of ether oxygens (including phenoxy) is 1. The molecule has 0 radical (unpaired) electrons. The summed E-state index contributed by atoms with van der Waals surface area (Å²) in [6.07, 6.45) is 3.41. The first kappa shape index (κ1) is 16.9. The smallest absolute Gasteiger partial charge is 0.0898 e. The Hall–Kier alpha value is -0.120. The lowest BCUT2D eigenvalue weighted by Crippen LogP contribution is -2.43. The Labute approximate surface area is 119 Å². The Bertz CT molecular complexity index is 270. The van der Waals surface area contributed by atoms with Crippen LogP contribution in [0.15, 0.2) is 0 Å². The van der Waals surface area contributed by atoms with Crippen LogP contribution in [0.5, 0.6) is 0 Å². The Balaban J connectivity index is 2.28. The van der Waals surface area contributed by atoms with Gasteiger partial charge in [-0.3, -0.25) is 0 Å². The molecule has 0 saturated heterocycles. The molecular weight excluding hydrogens is 238 g/mol. The van der Waals surface area contributed by atoms with E-state index in [0.717, 1.165) is 18.8 Å². The molecule has 0 aliphatic heterocycles. The summed E-state index contributed by atoms with van der Waals surface area (Å²) in [4.78, 5) is 0. The summed E-state index contributed by atoms with van der Waals surface area (Å²) in [5.41, 5.74) is 0.416. The fourth-order valence-electron chi connectivity index (χ4n) is 3.12. The predicted octanol–water partition coefficient (Wildman–Crippen LogP) is 2.97. The average molecular weight is 271 g/mol. The van der Waals surface area contributed by atoms with Gasteiger partial charge in [-0.15, -0.1) is 0 Å². The lowest BCUT2D eigenvalue weighted by Gasteiger charge is -2.39. The maximum absolute atomic E-state index is 9.95. The third-order valence-corrected chi connectivity index (χ3v) is 3.74. The first-order chi connectivity index (χ1) is 8.57. The summed E-state index contributed by atoms with van der Waals surface area (Å²) in [7, 11) is 0. The SMILES string of the molecule is C[C@@H]1C[C@@H](OC[C@H](O)CNC(C)(C)C)CC(C)(C)C1. The Morgan fingerprint density at radius 2 is 1.95 bits per heavy atom. The lowest BCUT2D eigenvalue weighted by molar-refractivity contribution is -0.0558. The highest BCUT2D eigenvalue weighted by Gasteiger charge is 2.32. The number of rotatable bonds is 5. The fourth-order valence-corrected chi connectivity index (χ4v) is 3.12. The summed E-state index contributed by atoms with van der Waals surface area (Å²) in [5, 5.41) is 13.3. The summed E-state index contributed by atoms with van der Waals surface area (Å²) < 4.78 is 5.93. The van der Waals surface area contributed by atoms with Crippen LogP contribution in [0.25, 0.3) is 0 Å². The van der Waals surface area contributed by atoms with Crippen LogP contribution in [-0.2, 0) is 4.74 Å². The van der Waals surface area contributed by atoms with E-state index >= 15 is 0 Å². The second-order valence-corrected chi connectivity index (χ2v) is 8.15. The summed E-state index contributed by atoms with van der Waals surface area (Å²) in [6.45, 7) is 14.3. The molecule has 3 heteroatoms. The van der Waals surface area contributed by atoms with Crippen molar-refractivity contribution in [2.45, 2.75) is 78.6 Å². The zero-order valence-electron chi connectivity index (χ0n) is 13.6. The molecule has 0 aromatic rings. The normalized spacial score (nSPS) is 29.2. The highest BCUT2D eigenvalue weighted by atomic mass is 16.5. The molecule has 0 unspecified atom stereocenters. The van der Waals surface area contributed by atoms with Crippen molar-refractivity contribution in [3.05, 3.63) is 0 Å². The van der Waals surface area contributed by atoms with E-state index in [0.29, 0.717) is 24.7 Å². The summed E-state index contributed by atoms with van der Waals surface area (Å²) in [6, 6.07) is 0. The molecule has 2 N–H and O–H groups in total. The van der Waals surface area contributed by atoms with Crippen molar-refractivity contribution >= 4 is 0 Å². The van der Waals surface area contributed by atoms with Crippen LogP contribution >= 0.6 is 0 Å². The molecule has 3 nitrogen and oxygen atoms in total. The lowest BCUT2D eigenvalue weighted by atomic mass is 9.71. The van der Waals surface area contributed by atoms with Gasteiger partial charge in [-0.1, -0.05) is 20.8 Å². The predicted molar refractivity (Wildman–Crippen MR) is 80.3 cm³/mol. The maximum atomic E-state index is 9.95. The topological polar surface area (TPSA) is 41.5 Å². The highest BCUT2D eigenvalue weighted by Crippen LogP contribution is 2.39. The molecule has 3 atom stereocenters. The minimum Gasteiger partial charge on any atom is -0.389 e. The number of aliphatic hydroxyl groups is 1. The van der Waals surface area contributed by atoms with Crippen LogP contribution in [0, 0.1) is 11.3 Å². The van der Waals surface area contributed by atoms with Gasteiger partial charge in [0.1, 0.15) is 0 Å². The molecule has 0 aromatic carbocycles. The van der Waals surface area contributed by atoms with Crippen molar-refractivity contribution < 1.29 is 9.84 Å². The Kier molecular flexibility index (Phi) is 5.84. The van der Waals surface area contributed by atoms with Gasteiger partial charge in [-0.2, -0.15) is 0 Å². The molecule has 19 heavy (non-hydrogen) atoms. The average Bonchev–Trinajstić information content (AvgIpc) is 2.19. The van der Waals surface area contributed by atoms with E-state index in [4.69, 9.17) is 4.74 Å². The summed E-state index contributed by atoms with van der Waals surface area (Å²) >= 11 is 0. The van der Waals surface area contributed by atoms with Crippen molar-refractivity contribution in [2.24, 2.45) is 11.3 Å². The minimum absolute atomic E-state index is 0.0440. The molecule has 1 aliphatic carbocycles. The molecule has 1 fully saturated rings. The van der Waals surface area contributed by atoms with Gasteiger partial charge in [0.15, 0.2) is 0 Å². The van der Waals surface area contributed by atoms with Gasteiger partial charge in [0.05, 0.1) is 18.8 Å². The third-order valence-electron chi connectivity index (χ3n) is 3.74. The van der Waals surface area contributed by atoms with E-state index in [1.165, 1.54) is 6.42 Å². The first-order valence-corrected chi connectivity index (χ1v) is 7.62. The largest absolute Gasteiger partial charge is 0.389 e. The second kappa shape index (κ2) is 6.55. The van der Waals surface area contributed by atoms with Crippen molar-refractivity contribution in [1.29, 1.82) is 0 Å². The van der Waals surface area contributed by atoms with E-state index in [9.17, 15) is 5.11 Å². The van der Waals surface area contributed by atoms with Crippen LogP contribution < -0.4 is 5.32 Å². The molecular formula is C16H33NO2. The van der Waals surface area contributed by atoms with E-state index in [1.54, 1.807) is 0 Å². The van der Waals surface area contributed by atoms with Crippen LogP contribution in [0.3, 0.4) is 0 Å². The molecule has 0 amide bonds. The molecule has 1 aliphatic rings. The molecule has 0 bridgehead atoms. The van der Waals surface area contributed by atoms with Gasteiger partial charge in [-0.25, -0.2) is 0 Å². The molecule has 0 spiro atoms. The van der Waals surface area contributed by atoms with E-state index < -0.39 is 6.10 Å². The zero-order chi connectivity index (χ0) is 14.7. The highest BCUT2D eigenvalue weighted by molar-refractivity contribution is 4.83. The first-order valence-electron chi connectivity index (χ1n) is 7.62. The van der Waals surface area contributed by atoms with Crippen molar-refractivity contribution in [1.82, 2.24) is 5.32 Å². The van der Waals surface area contributed by atoms with Gasteiger partial charge in [0.2, 0.25) is 0 Å². The fraction of sp³-hybridized carbons (Fsp3) is 1.00. The van der Waals surface area contributed by atoms with Gasteiger partial charge >= 0.3 is 0 Å². The number of aliphatic hydroxyl groups excluding tert-OH is 1. The number of hydrogen-bond donors (Lipinski definition) is 2. The van der Waals surface area contributed by atoms with Crippen LogP contribution in [-0.4, -0.2) is 36.0 Å². The van der Waals surface area contributed by atoms with Crippen molar-refractivity contribution in [2.75, 3.05) is 13.2 Å². The number of β-amino-alcohol motifs (C(OH)–C–C–N with tert-alkyl or cyclic N) is 1. The van der Waals surface area contributed by atoms with Gasteiger partial charge in [0, 0.05) is 12.1 Å². The third kappa shape index (κ3) is 7.28. The quantitative estimate of drug-likeness (QED) is 0.808. The van der Waals surface area contributed by atoms with Crippen molar-refractivity contribution in [3.63, 3.8) is 0 Å².